The quantitative estimate of drug-likeness (QED) is 0.537. The maximum atomic E-state index is 6.22. The van der Waals surface area contributed by atoms with Gasteiger partial charge in [-0.25, -0.2) is 0 Å². The molecule has 1 aliphatic rings. The number of hydrogen-bond acceptors (Lipinski definition) is 1. The second-order valence-corrected chi connectivity index (χ2v) is 7.85. The second kappa shape index (κ2) is 11.2. The van der Waals surface area contributed by atoms with E-state index in [4.69, 9.17) is 35.4 Å². The zero-order valence-electron chi connectivity index (χ0n) is 14.3. The first-order chi connectivity index (χ1) is 11.7. The Kier molecular flexibility index (Phi) is 9.22. The molecule has 1 saturated carbocycles. The zero-order chi connectivity index (χ0) is 17.2. The van der Waals surface area contributed by atoms with Crippen molar-refractivity contribution in [3.8, 4) is 0 Å². The van der Waals surface area contributed by atoms with Gasteiger partial charge in [-0.15, -0.1) is 0 Å². The molecule has 0 amide bonds. The van der Waals surface area contributed by atoms with Crippen LogP contribution in [0, 0.1) is 0 Å². The van der Waals surface area contributed by atoms with Crippen molar-refractivity contribution in [2.24, 2.45) is 0 Å². The highest BCUT2D eigenvalue weighted by Crippen LogP contribution is 2.29. The summed E-state index contributed by atoms with van der Waals surface area (Å²) in [6, 6.07) is 5.99. The van der Waals surface area contributed by atoms with Gasteiger partial charge in [-0.3, -0.25) is 0 Å². The smallest absolute Gasteiger partial charge is 0.171 e. The fourth-order valence-electron chi connectivity index (χ4n) is 3.25. The van der Waals surface area contributed by atoms with E-state index in [0.717, 1.165) is 5.69 Å². The molecule has 0 unspecified atom stereocenters. The maximum absolute atomic E-state index is 6.22. The number of nitrogens with one attached hydrogen (secondary N) is 2. The fourth-order valence-corrected chi connectivity index (χ4v) is 3.88. The summed E-state index contributed by atoms with van der Waals surface area (Å²) >= 11 is 17.8. The van der Waals surface area contributed by atoms with E-state index in [1.165, 1.54) is 70.6 Å². The standard InChI is InChI=1S/C19H28Cl2N2S/c20-16-13-10-14-17(18(16)21)23-19(24)22-15-11-8-6-4-2-1-3-5-7-9-12-15/h10,13-15H,1-9,11-12H2,(H2,22,23,24). The van der Waals surface area contributed by atoms with Gasteiger partial charge in [0.05, 0.1) is 15.7 Å². The van der Waals surface area contributed by atoms with Gasteiger partial charge in [-0.2, -0.15) is 0 Å². The van der Waals surface area contributed by atoms with Crippen LogP contribution in [-0.2, 0) is 0 Å². The highest BCUT2D eigenvalue weighted by Gasteiger charge is 2.12. The number of anilines is 1. The van der Waals surface area contributed by atoms with Gasteiger partial charge in [0.15, 0.2) is 5.11 Å². The summed E-state index contributed by atoms with van der Waals surface area (Å²) in [5, 5.41) is 8.36. The molecule has 1 aromatic rings. The number of halogens is 2. The molecule has 0 spiro atoms. The van der Waals surface area contributed by atoms with E-state index in [1.54, 1.807) is 6.07 Å². The van der Waals surface area contributed by atoms with E-state index in [9.17, 15) is 0 Å². The maximum Gasteiger partial charge on any atom is 0.171 e. The van der Waals surface area contributed by atoms with Crippen LogP contribution in [0.15, 0.2) is 18.2 Å². The summed E-state index contributed by atoms with van der Waals surface area (Å²) < 4.78 is 0. The lowest BCUT2D eigenvalue weighted by Gasteiger charge is -2.22. The van der Waals surface area contributed by atoms with E-state index in [1.807, 2.05) is 12.1 Å². The van der Waals surface area contributed by atoms with Gasteiger partial charge >= 0.3 is 0 Å². The Labute approximate surface area is 161 Å². The largest absolute Gasteiger partial charge is 0.360 e. The van der Waals surface area contributed by atoms with E-state index < -0.39 is 0 Å². The number of hydrogen-bond donors (Lipinski definition) is 2. The van der Waals surface area contributed by atoms with E-state index in [0.29, 0.717) is 21.2 Å². The number of thiocarbonyl (C=S) groups is 1. The molecule has 1 aliphatic carbocycles. The molecule has 0 aliphatic heterocycles. The summed E-state index contributed by atoms with van der Waals surface area (Å²) in [6.07, 6.45) is 14.5. The summed E-state index contributed by atoms with van der Waals surface area (Å²) in [5.74, 6) is 0. The van der Waals surface area contributed by atoms with Crippen molar-refractivity contribution < 1.29 is 0 Å². The lowest BCUT2D eigenvalue weighted by molar-refractivity contribution is 0.444. The third-order valence-electron chi connectivity index (χ3n) is 4.64. The predicted molar refractivity (Wildman–Crippen MR) is 110 cm³/mol. The van der Waals surface area contributed by atoms with Crippen LogP contribution >= 0.6 is 35.4 Å². The third kappa shape index (κ3) is 7.16. The normalized spacial score (nSPS) is 18.2. The van der Waals surface area contributed by atoms with E-state index >= 15 is 0 Å². The van der Waals surface area contributed by atoms with Crippen LogP contribution in [0.4, 0.5) is 5.69 Å². The highest BCUT2D eigenvalue weighted by atomic mass is 35.5. The van der Waals surface area contributed by atoms with Crippen LogP contribution in [0.2, 0.25) is 10.0 Å². The van der Waals surface area contributed by atoms with Crippen LogP contribution in [0.3, 0.4) is 0 Å². The molecule has 0 bridgehead atoms. The Morgan fingerprint density at radius 3 is 2.00 bits per heavy atom. The number of benzene rings is 1. The van der Waals surface area contributed by atoms with Crippen LogP contribution in [0.1, 0.15) is 70.6 Å². The number of rotatable bonds is 2. The van der Waals surface area contributed by atoms with Gasteiger partial charge in [0, 0.05) is 6.04 Å². The lowest BCUT2D eigenvalue weighted by Crippen LogP contribution is -2.37. The minimum Gasteiger partial charge on any atom is -0.360 e. The molecule has 24 heavy (non-hydrogen) atoms. The third-order valence-corrected chi connectivity index (χ3v) is 5.68. The molecule has 2 nitrogen and oxygen atoms in total. The van der Waals surface area contributed by atoms with Gasteiger partial charge in [0.2, 0.25) is 0 Å². The average Bonchev–Trinajstić information content (AvgIpc) is 2.54. The van der Waals surface area contributed by atoms with Crippen LogP contribution in [-0.4, -0.2) is 11.2 Å². The van der Waals surface area contributed by atoms with Crippen molar-refractivity contribution in [2.45, 2.75) is 76.7 Å². The van der Waals surface area contributed by atoms with Gasteiger partial charge in [-0.1, -0.05) is 87.1 Å². The van der Waals surface area contributed by atoms with Gasteiger partial charge in [-0.05, 0) is 37.2 Å². The molecule has 2 rings (SSSR count). The first-order valence-corrected chi connectivity index (χ1v) is 10.3. The van der Waals surface area contributed by atoms with E-state index in [2.05, 4.69) is 10.6 Å². The first kappa shape index (κ1) is 19.8. The summed E-state index contributed by atoms with van der Waals surface area (Å²) in [5.41, 5.74) is 0.759. The Balaban J connectivity index is 1.85. The molecule has 5 heteroatoms. The first-order valence-electron chi connectivity index (χ1n) is 9.18. The molecule has 0 heterocycles. The summed E-state index contributed by atoms with van der Waals surface area (Å²) in [7, 11) is 0. The van der Waals surface area contributed by atoms with E-state index in [-0.39, 0.29) is 0 Å². The predicted octanol–water partition coefficient (Wildman–Crippen LogP) is 6.95. The Morgan fingerprint density at radius 2 is 1.42 bits per heavy atom. The topological polar surface area (TPSA) is 24.1 Å². The Morgan fingerprint density at radius 1 is 0.875 bits per heavy atom. The van der Waals surface area contributed by atoms with Crippen LogP contribution < -0.4 is 10.6 Å². The van der Waals surface area contributed by atoms with Gasteiger partial charge in [0.1, 0.15) is 0 Å². The second-order valence-electron chi connectivity index (χ2n) is 6.66. The minimum absolute atomic E-state index is 0.447. The molecular formula is C19H28Cl2N2S. The SMILES string of the molecule is S=C(Nc1cccc(Cl)c1Cl)NC1CCCCCCCCCCC1. The zero-order valence-corrected chi connectivity index (χ0v) is 16.6. The molecule has 0 atom stereocenters. The Bertz CT molecular complexity index is 510. The summed E-state index contributed by atoms with van der Waals surface area (Å²) in [4.78, 5) is 0. The minimum atomic E-state index is 0.447. The molecular weight excluding hydrogens is 359 g/mol. The molecule has 1 fully saturated rings. The van der Waals surface area contributed by atoms with Crippen LogP contribution in [0.5, 0.6) is 0 Å². The van der Waals surface area contributed by atoms with Crippen molar-refractivity contribution in [1.29, 1.82) is 0 Å². The van der Waals surface area contributed by atoms with Gasteiger partial charge in [0.25, 0.3) is 0 Å². The fraction of sp³-hybridized carbons (Fsp3) is 0.632. The Hall–Kier alpha value is -0.510. The van der Waals surface area contributed by atoms with Gasteiger partial charge < -0.3 is 10.6 Å². The van der Waals surface area contributed by atoms with Crippen molar-refractivity contribution in [3.05, 3.63) is 28.2 Å². The molecule has 0 aromatic heterocycles. The monoisotopic (exact) mass is 386 g/mol. The van der Waals surface area contributed by atoms with Crippen molar-refractivity contribution in [3.63, 3.8) is 0 Å². The van der Waals surface area contributed by atoms with Crippen molar-refractivity contribution in [1.82, 2.24) is 5.32 Å². The molecule has 0 saturated heterocycles. The van der Waals surface area contributed by atoms with Crippen molar-refractivity contribution in [2.75, 3.05) is 5.32 Å². The highest BCUT2D eigenvalue weighted by molar-refractivity contribution is 7.80. The van der Waals surface area contributed by atoms with Crippen molar-refractivity contribution >= 4 is 46.2 Å². The lowest BCUT2D eigenvalue weighted by atomic mass is 9.98. The van der Waals surface area contributed by atoms with Crippen LogP contribution in [0.25, 0.3) is 0 Å². The molecule has 134 valence electrons. The average molecular weight is 387 g/mol. The molecule has 1 aromatic carbocycles. The molecule has 0 radical (unpaired) electrons. The molecule has 2 N–H and O–H groups in total. The summed E-state index contributed by atoms with van der Waals surface area (Å²) in [6.45, 7) is 0.